The molecule has 2 nitrogen and oxygen atoms in total. The van der Waals surface area contributed by atoms with E-state index in [0.717, 1.165) is 5.56 Å². The molecule has 0 heterocycles. The second-order valence-corrected chi connectivity index (χ2v) is 3.35. The summed E-state index contributed by atoms with van der Waals surface area (Å²) in [6.45, 7) is -0.234. The molecule has 1 aromatic rings. The highest BCUT2D eigenvalue weighted by Crippen LogP contribution is 2.16. The Morgan fingerprint density at radius 2 is 1.87 bits per heavy atom. The summed E-state index contributed by atoms with van der Waals surface area (Å²) >= 11 is 0. The van der Waals surface area contributed by atoms with E-state index >= 15 is 0 Å². The fourth-order valence-electron chi connectivity index (χ4n) is 1.09. The SMILES string of the molecule is NCC(F)(F)CCOCc1ccccc1. The molecule has 1 rings (SSSR count). The highest BCUT2D eigenvalue weighted by Gasteiger charge is 2.25. The summed E-state index contributed by atoms with van der Waals surface area (Å²) in [5.74, 6) is -2.81. The van der Waals surface area contributed by atoms with Crippen LogP contribution in [0.4, 0.5) is 8.78 Å². The van der Waals surface area contributed by atoms with Crippen molar-refractivity contribution in [2.45, 2.75) is 19.0 Å². The second kappa shape index (κ2) is 5.78. The normalized spacial score (nSPS) is 11.7. The van der Waals surface area contributed by atoms with Crippen LogP contribution in [0.5, 0.6) is 0 Å². The van der Waals surface area contributed by atoms with Crippen LogP contribution in [0, 0.1) is 0 Å². The third-order valence-electron chi connectivity index (χ3n) is 2.02. The molecule has 4 heteroatoms. The number of alkyl halides is 2. The van der Waals surface area contributed by atoms with Gasteiger partial charge in [-0.2, -0.15) is 0 Å². The highest BCUT2D eigenvalue weighted by atomic mass is 19.3. The Labute approximate surface area is 88.0 Å². The topological polar surface area (TPSA) is 35.2 Å². The first-order chi connectivity index (χ1) is 7.14. The molecule has 0 atom stereocenters. The summed E-state index contributed by atoms with van der Waals surface area (Å²) in [5, 5.41) is 0. The lowest BCUT2D eigenvalue weighted by Gasteiger charge is -2.13. The average molecular weight is 215 g/mol. The van der Waals surface area contributed by atoms with Crippen molar-refractivity contribution in [3.8, 4) is 0 Å². The number of hydrogen-bond acceptors (Lipinski definition) is 2. The molecule has 0 bridgehead atoms. The van der Waals surface area contributed by atoms with Gasteiger partial charge in [-0.05, 0) is 5.56 Å². The van der Waals surface area contributed by atoms with Crippen molar-refractivity contribution in [1.29, 1.82) is 0 Å². The van der Waals surface area contributed by atoms with E-state index in [1.54, 1.807) is 0 Å². The fourth-order valence-corrected chi connectivity index (χ4v) is 1.09. The Balaban J connectivity index is 2.18. The molecule has 0 aliphatic heterocycles. The van der Waals surface area contributed by atoms with E-state index in [4.69, 9.17) is 10.5 Å². The fraction of sp³-hybridized carbons (Fsp3) is 0.455. The van der Waals surface area contributed by atoms with Crippen molar-refractivity contribution in [3.05, 3.63) is 35.9 Å². The molecule has 0 radical (unpaired) electrons. The molecule has 15 heavy (non-hydrogen) atoms. The number of rotatable bonds is 6. The van der Waals surface area contributed by atoms with Crippen LogP contribution in [0.1, 0.15) is 12.0 Å². The molecule has 0 saturated heterocycles. The van der Waals surface area contributed by atoms with E-state index in [1.165, 1.54) is 0 Å². The van der Waals surface area contributed by atoms with E-state index in [1.807, 2.05) is 30.3 Å². The predicted molar refractivity (Wildman–Crippen MR) is 54.7 cm³/mol. The van der Waals surface area contributed by atoms with Gasteiger partial charge in [0.05, 0.1) is 19.8 Å². The van der Waals surface area contributed by atoms with Crippen molar-refractivity contribution < 1.29 is 13.5 Å². The average Bonchev–Trinajstić information content (AvgIpc) is 2.26. The molecule has 0 amide bonds. The molecular weight excluding hydrogens is 200 g/mol. The van der Waals surface area contributed by atoms with Gasteiger partial charge in [0, 0.05) is 6.42 Å². The van der Waals surface area contributed by atoms with Gasteiger partial charge in [0.25, 0.3) is 5.92 Å². The Morgan fingerprint density at radius 3 is 2.47 bits per heavy atom. The first kappa shape index (κ1) is 12.1. The quantitative estimate of drug-likeness (QED) is 0.738. The van der Waals surface area contributed by atoms with Crippen LogP contribution in [-0.2, 0) is 11.3 Å². The van der Waals surface area contributed by atoms with Gasteiger partial charge < -0.3 is 10.5 Å². The van der Waals surface area contributed by atoms with Crippen LogP contribution >= 0.6 is 0 Å². The Morgan fingerprint density at radius 1 is 1.20 bits per heavy atom. The zero-order valence-electron chi connectivity index (χ0n) is 8.46. The monoisotopic (exact) mass is 215 g/mol. The van der Waals surface area contributed by atoms with Crippen LogP contribution < -0.4 is 5.73 Å². The Hall–Kier alpha value is -1.00. The smallest absolute Gasteiger partial charge is 0.262 e. The highest BCUT2D eigenvalue weighted by molar-refractivity contribution is 5.13. The second-order valence-electron chi connectivity index (χ2n) is 3.35. The van der Waals surface area contributed by atoms with Gasteiger partial charge >= 0.3 is 0 Å². The van der Waals surface area contributed by atoms with Gasteiger partial charge in [0.15, 0.2) is 0 Å². The largest absolute Gasteiger partial charge is 0.377 e. The maximum Gasteiger partial charge on any atom is 0.262 e. The van der Waals surface area contributed by atoms with Gasteiger partial charge in [-0.15, -0.1) is 0 Å². The first-order valence-corrected chi connectivity index (χ1v) is 4.83. The molecule has 84 valence electrons. The van der Waals surface area contributed by atoms with Crippen LogP contribution in [0.3, 0.4) is 0 Å². The molecule has 0 aromatic heterocycles. The van der Waals surface area contributed by atoms with Gasteiger partial charge in [-0.25, -0.2) is 8.78 Å². The summed E-state index contributed by atoms with van der Waals surface area (Å²) in [4.78, 5) is 0. The van der Waals surface area contributed by atoms with Gasteiger partial charge in [0.2, 0.25) is 0 Å². The minimum Gasteiger partial charge on any atom is -0.377 e. The van der Waals surface area contributed by atoms with E-state index in [0.29, 0.717) is 6.61 Å². The molecule has 0 aliphatic rings. The number of halogens is 2. The molecule has 0 unspecified atom stereocenters. The van der Waals surface area contributed by atoms with E-state index in [-0.39, 0.29) is 13.0 Å². The lowest BCUT2D eigenvalue weighted by atomic mass is 10.2. The van der Waals surface area contributed by atoms with Crippen LogP contribution in [-0.4, -0.2) is 19.1 Å². The standard InChI is InChI=1S/C11H15F2NO/c12-11(13,9-14)6-7-15-8-10-4-2-1-3-5-10/h1-5H,6-9,14H2. The number of nitrogens with two attached hydrogens (primary N) is 1. The number of hydrogen-bond donors (Lipinski definition) is 1. The summed E-state index contributed by atoms with van der Waals surface area (Å²) in [7, 11) is 0. The van der Waals surface area contributed by atoms with Crippen molar-refractivity contribution in [3.63, 3.8) is 0 Å². The molecular formula is C11H15F2NO. The van der Waals surface area contributed by atoms with Crippen molar-refractivity contribution in [2.24, 2.45) is 5.73 Å². The summed E-state index contributed by atoms with van der Waals surface area (Å²) in [5.41, 5.74) is 5.87. The van der Waals surface area contributed by atoms with Gasteiger partial charge in [0.1, 0.15) is 0 Å². The minimum absolute atomic E-state index is 0.0269. The van der Waals surface area contributed by atoms with E-state index in [9.17, 15) is 8.78 Å². The minimum atomic E-state index is -2.81. The summed E-state index contributed by atoms with van der Waals surface area (Å²) in [6, 6.07) is 9.44. The molecule has 2 N–H and O–H groups in total. The first-order valence-electron chi connectivity index (χ1n) is 4.83. The van der Waals surface area contributed by atoms with Crippen molar-refractivity contribution in [2.75, 3.05) is 13.2 Å². The maximum atomic E-state index is 12.7. The van der Waals surface area contributed by atoms with E-state index < -0.39 is 12.5 Å². The molecule has 0 saturated carbocycles. The molecule has 0 spiro atoms. The zero-order valence-corrected chi connectivity index (χ0v) is 8.46. The molecule has 0 aliphatic carbocycles. The van der Waals surface area contributed by atoms with Gasteiger partial charge in [-0.3, -0.25) is 0 Å². The summed E-state index contributed by atoms with van der Waals surface area (Å²) < 4.78 is 30.5. The van der Waals surface area contributed by atoms with Crippen LogP contribution in [0.15, 0.2) is 30.3 Å². The van der Waals surface area contributed by atoms with Crippen molar-refractivity contribution in [1.82, 2.24) is 0 Å². The third-order valence-corrected chi connectivity index (χ3v) is 2.02. The van der Waals surface area contributed by atoms with Crippen molar-refractivity contribution >= 4 is 0 Å². The van der Waals surface area contributed by atoms with Gasteiger partial charge in [-0.1, -0.05) is 30.3 Å². The molecule has 1 aromatic carbocycles. The summed E-state index contributed by atoms with van der Waals surface area (Å²) in [6.07, 6.45) is -0.323. The predicted octanol–water partition coefficient (Wildman–Crippen LogP) is 2.19. The number of benzene rings is 1. The Kier molecular flexibility index (Phi) is 4.65. The number of ether oxygens (including phenoxy) is 1. The zero-order chi connectivity index (χ0) is 11.1. The Bertz CT molecular complexity index is 277. The lowest BCUT2D eigenvalue weighted by molar-refractivity contribution is -0.0275. The molecule has 0 fully saturated rings. The van der Waals surface area contributed by atoms with E-state index in [2.05, 4.69) is 0 Å². The maximum absolute atomic E-state index is 12.7. The van der Waals surface area contributed by atoms with Crippen LogP contribution in [0.2, 0.25) is 0 Å². The third kappa shape index (κ3) is 4.85. The lowest BCUT2D eigenvalue weighted by Crippen LogP contribution is -2.29. The van der Waals surface area contributed by atoms with Crippen LogP contribution in [0.25, 0.3) is 0 Å².